The molecule has 1 amide bonds. The van der Waals surface area contributed by atoms with Crippen molar-refractivity contribution in [1.29, 1.82) is 0 Å². The highest BCUT2D eigenvalue weighted by Crippen LogP contribution is 2.11. The maximum atomic E-state index is 12.3. The minimum atomic E-state index is -0.0200. The van der Waals surface area contributed by atoms with Crippen molar-refractivity contribution in [2.75, 3.05) is 7.05 Å². The summed E-state index contributed by atoms with van der Waals surface area (Å²) in [6, 6.07) is 0. The van der Waals surface area contributed by atoms with Gasteiger partial charge in [0, 0.05) is 44.6 Å². The molecule has 6 heteroatoms. The van der Waals surface area contributed by atoms with Crippen LogP contribution in [0.15, 0.2) is 18.6 Å². The average Bonchev–Trinajstić information content (AvgIpc) is 3.05. The molecule has 0 atom stereocenters. The maximum Gasteiger partial charge on any atom is 0.257 e. The van der Waals surface area contributed by atoms with Crippen LogP contribution in [0.5, 0.6) is 0 Å². The Morgan fingerprint density at radius 3 is 2.50 bits per heavy atom. The van der Waals surface area contributed by atoms with Crippen LogP contribution in [0.2, 0.25) is 0 Å². The Labute approximate surface area is 119 Å². The van der Waals surface area contributed by atoms with Gasteiger partial charge in [0.2, 0.25) is 0 Å². The normalized spacial score (nSPS) is 10.8. The zero-order valence-corrected chi connectivity index (χ0v) is 12.5. The summed E-state index contributed by atoms with van der Waals surface area (Å²) in [6.07, 6.45) is 5.39. The van der Waals surface area contributed by atoms with Crippen LogP contribution in [-0.2, 0) is 19.6 Å². The molecule has 0 aromatic carbocycles. The third kappa shape index (κ3) is 2.89. The maximum absolute atomic E-state index is 12.3. The fourth-order valence-electron chi connectivity index (χ4n) is 2.07. The number of carbonyl (C=O) groups is 1. The second-order valence-corrected chi connectivity index (χ2v) is 4.84. The first-order valence-electron chi connectivity index (χ1n) is 6.86. The van der Waals surface area contributed by atoms with Crippen LogP contribution in [0.25, 0.3) is 0 Å². The molecule has 6 nitrogen and oxygen atoms in total. The minimum absolute atomic E-state index is 0.0200. The highest BCUT2D eigenvalue weighted by molar-refractivity contribution is 5.93. The van der Waals surface area contributed by atoms with Crippen LogP contribution in [0.4, 0.5) is 0 Å². The van der Waals surface area contributed by atoms with E-state index in [1.165, 1.54) is 0 Å². The smallest absolute Gasteiger partial charge is 0.257 e. The predicted molar refractivity (Wildman–Crippen MR) is 76.3 cm³/mol. The molecule has 0 unspecified atom stereocenters. The molecule has 108 valence electrons. The summed E-state index contributed by atoms with van der Waals surface area (Å²) in [5, 5.41) is 8.53. The summed E-state index contributed by atoms with van der Waals surface area (Å²) in [5.41, 5.74) is 2.66. The number of hydrogen-bond donors (Lipinski definition) is 0. The van der Waals surface area contributed by atoms with Crippen molar-refractivity contribution in [2.45, 2.75) is 40.4 Å². The van der Waals surface area contributed by atoms with E-state index in [1.54, 1.807) is 29.0 Å². The predicted octanol–water partition coefficient (Wildman–Crippen LogP) is 1.70. The first-order valence-corrected chi connectivity index (χ1v) is 6.86. The van der Waals surface area contributed by atoms with E-state index < -0.39 is 0 Å². The van der Waals surface area contributed by atoms with E-state index in [9.17, 15) is 4.79 Å². The molecule has 0 bridgehead atoms. The molecule has 0 fully saturated rings. The fourth-order valence-corrected chi connectivity index (χ4v) is 2.07. The lowest BCUT2D eigenvalue weighted by molar-refractivity contribution is 0.0785. The van der Waals surface area contributed by atoms with Crippen LogP contribution in [-0.4, -0.2) is 37.4 Å². The van der Waals surface area contributed by atoms with Gasteiger partial charge in [-0.2, -0.15) is 10.2 Å². The van der Waals surface area contributed by atoms with E-state index in [4.69, 9.17) is 0 Å². The number of aromatic nitrogens is 4. The van der Waals surface area contributed by atoms with Gasteiger partial charge in [-0.25, -0.2) is 0 Å². The van der Waals surface area contributed by atoms with Crippen LogP contribution >= 0.6 is 0 Å². The van der Waals surface area contributed by atoms with Gasteiger partial charge in [-0.1, -0.05) is 0 Å². The first kappa shape index (κ1) is 14.3. The zero-order chi connectivity index (χ0) is 14.7. The van der Waals surface area contributed by atoms with Crippen LogP contribution in [0.3, 0.4) is 0 Å². The molecule has 0 aliphatic carbocycles. The highest BCUT2D eigenvalue weighted by Gasteiger charge is 2.16. The van der Waals surface area contributed by atoms with Crippen molar-refractivity contribution >= 4 is 5.91 Å². The summed E-state index contributed by atoms with van der Waals surface area (Å²) in [6.45, 7) is 8.16. The monoisotopic (exact) mass is 275 g/mol. The molecule has 2 heterocycles. The van der Waals surface area contributed by atoms with Crippen LogP contribution in [0, 0.1) is 6.92 Å². The molecule has 0 aliphatic heterocycles. The van der Waals surface area contributed by atoms with E-state index in [2.05, 4.69) is 10.2 Å². The molecule has 0 aliphatic rings. The first-order chi connectivity index (χ1) is 9.55. The van der Waals surface area contributed by atoms with Crippen LogP contribution < -0.4 is 0 Å². The van der Waals surface area contributed by atoms with Crippen molar-refractivity contribution in [3.05, 3.63) is 35.4 Å². The summed E-state index contributed by atoms with van der Waals surface area (Å²) < 4.78 is 3.64. The van der Waals surface area contributed by atoms with Gasteiger partial charge < -0.3 is 4.90 Å². The van der Waals surface area contributed by atoms with E-state index in [-0.39, 0.29) is 5.91 Å². The Bertz CT molecular complexity index is 598. The van der Waals surface area contributed by atoms with Gasteiger partial charge in [0.15, 0.2) is 0 Å². The van der Waals surface area contributed by atoms with Gasteiger partial charge in [0.25, 0.3) is 5.91 Å². The molecular weight excluding hydrogens is 254 g/mol. The number of amides is 1. The zero-order valence-electron chi connectivity index (χ0n) is 12.5. The fraction of sp³-hybridized carbons (Fsp3) is 0.500. The Morgan fingerprint density at radius 1 is 1.25 bits per heavy atom. The molecule has 0 spiro atoms. The van der Waals surface area contributed by atoms with Crippen molar-refractivity contribution in [3.63, 3.8) is 0 Å². The third-order valence-corrected chi connectivity index (χ3v) is 3.33. The molecule has 0 saturated heterocycles. The average molecular weight is 275 g/mol. The SMILES string of the molecule is CCn1cc(C(=O)N(C)Cc2cn(CC)nc2C)cn1. The molecule has 0 radical (unpaired) electrons. The molecule has 0 N–H and O–H groups in total. The Morgan fingerprint density at radius 2 is 1.95 bits per heavy atom. The topological polar surface area (TPSA) is 56.0 Å². The van der Waals surface area contributed by atoms with Gasteiger partial charge >= 0.3 is 0 Å². The van der Waals surface area contributed by atoms with Gasteiger partial charge in [0.1, 0.15) is 0 Å². The van der Waals surface area contributed by atoms with Crippen molar-refractivity contribution in [1.82, 2.24) is 24.5 Å². The standard InChI is InChI=1S/C14H21N5O/c1-5-18-9-12(7-15-18)14(20)17(4)8-13-10-19(6-2)16-11(13)3/h7,9-10H,5-6,8H2,1-4H3. The largest absolute Gasteiger partial charge is 0.337 e. The number of rotatable bonds is 5. The van der Waals surface area contributed by atoms with Gasteiger partial charge in [0.05, 0.1) is 17.5 Å². The summed E-state index contributed by atoms with van der Waals surface area (Å²) in [7, 11) is 1.80. The number of aryl methyl sites for hydroxylation is 3. The lowest BCUT2D eigenvalue weighted by Crippen LogP contribution is -2.26. The minimum Gasteiger partial charge on any atom is -0.337 e. The summed E-state index contributed by atoms with van der Waals surface area (Å²) in [4.78, 5) is 14.0. The second-order valence-electron chi connectivity index (χ2n) is 4.84. The Hall–Kier alpha value is -2.11. The third-order valence-electron chi connectivity index (χ3n) is 3.33. The van der Waals surface area contributed by atoms with Crippen molar-refractivity contribution in [3.8, 4) is 0 Å². The number of hydrogen-bond acceptors (Lipinski definition) is 3. The van der Waals surface area contributed by atoms with Gasteiger partial charge in [-0.15, -0.1) is 0 Å². The second kappa shape index (κ2) is 5.90. The van der Waals surface area contributed by atoms with Gasteiger partial charge in [-0.3, -0.25) is 14.2 Å². The van der Waals surface area contributed by atoms with Crippen molar-refractivity contribution in [2.24, 2.45) is 0 Å². The lowest BCUT2D eigenvalue weighted by Gasteiger charge is -2.15. The van der Waals surface area contributed by atoms with Crippen LogP contribution in [0.1, 0.15) is 35.5 Å². The Balaban J connectivity index is 2.08. The lowest BCUT2D eigenvalue weighted by atomic mass is 10.2. The molecule has 2 aromatic rings. The molecular formula is C14H21N5O. The highest BCUT2D eigenvalue weighted by atomic mass is 16.2. The van der Waals surface area contributed by atoms with Gasteiger partial charge in [-0.05, 0) is 20.8 Å². The summed E-state index contributed by atoms with van der Waals surface area (Å²) >= 11 is 0. The molecule has 0 saturated carbocycles. The number of nitrogens with zero attached hydrogens (tertiary/aromatic N) is 5. The van der Waals surface area contributed by atoms with E-state index in [0.717, 1.165) is 24.3 Å². The summed E-state index contributed by atoms with van der Waals surface area (Å²) in [5.74, 6) is -0.0200. The van der Waals surface area contributed by atoms with E-state index in [1.807, 2.05) is 31.6 Å². The molecule has 2 aromatic heterocycles. The Kier molecular flexibility index (Phi) is 4.22. The molecule has 2 rings (SSSR count). The quantitative estimate of drug-likeness (QED) is 0.834. The van der Waals surface area contributed by atoms with E-state index in [0.29, 0.717) is 12.1 Å². The van der Waals surface area contributed by atoms with Crippen molar-refractivity contribution < 1.29 is 4.79 Å². The van der Waals surface area contributed by atoms with E-state index >= 15 is 0 Å². The number of carbonyl (C=O) groups excluding carboxylic acids is 1. The molecule has 20 heavy (non-hydrogen) atoms.